The molecule has 0 spiro atoms. The fourth-order valence-electron chi connectivity index (χ4n) is 9.63. The van der Waals surface area contributed by atoms with E-state index in [9.17, 15) is 0 Å². The number of rotatable bonds is 5. The molecule has 0 radical (unpaired) electrons. The van der Waals surface area contributed by atoms with Crippen LogP contribution in [0.25, 0.3) is 121 Å². The zero-order valence-electron chi connectivity index (χ0n) is 33.4. The topological polar surface area (TPSA) is 48.5 Å². The van der Waals surface area contributed by atoms with Crippen LogP contribution < -0.4 is 0 Å². The third-order valence-electron chi connectivity index (χ3n) is 12.5. The van der Waals surface area contributed by atoms with Crippen molar-refractivity contribution < 1.29 is 0 Å². The number of aromatic nitrogens is 5. The molecule has 0 saturated carbocycles. The summed E-state index contributed by atoms with van der Waals surface area (Å²) in [6.45, 7) is 0. The Morgan fingerprint density at radius 2 is 0.806 bits per heavy atom. The van der Waals surface area contributed by atoms with Gasteiger partial charge in [0, 0.05) is 49.3 Å². The Labute approximate surface area is 356 Å². The lowest BCUT2D eigenvalue weighted by molar-refractivity contribution is 1.08. The molecule has 10 aromatic carbocycles. The van der Waals surface area contributed by atoms with Crippen LogP contribution in [-0.2, 0) is 0 Å². The highest BCUT2D eigenvalue weighted by molar-refractivity contribution is 6.21. The minimum absolute atomic E-state index is 0.636. The van der Waals surface area contributed by atoms with E-state index in [4.69, 9.17) is 15.0 Å². The second-order valence-corrected chi connectivity index (χ2v) is 16.0. The number of fused-ring (bicyclic) bond motifs is 9. The predicted molar refractivity (Wildman–Crippen MR) is 257 cm³/mol. The van der Waals surface area contributed by atoms with Crippen LogP contribution in [0.4, 0.5) is 0 Å². The summed E-state index contributed by atoms with van der Waals surface area (Å²) in [5.41, 5.74) is 9.71. The number of hydrogen-bond acceptors (Lipinski definition) is 3. The van der Waals surface area contributed by atoms with Crippen molar-refractivity contribution in [1.82, 2.24) is 24.1 Å². The maximum absolute atomic E-state index is 5.14. The van der Waals surface area contributed by atoms with E-state index < -0.39 is 0 Å². The SMILES string of the molecule is c1ccc(-c2nc(-c3ccccc3)nc(-c3cccc4c(-n5c6ccccc6c6cc7c8cc9ccccc9cc8n(-c8ccc9ccccc9c8)c7cc65)cccc34)n2)cc1. The van der Waals surface area contributed by atoms with Crippen molar-refractivity contribution in [1.29, 1.82) is 0 Å². The number of benzene rings is 10. The molecule has 0 N–H and O–H groups in total. The van der Waals surface area contributed by atoms with E-state index in [0.29, 0.717) is 17.5 Å². The first-order valence-electron chi connectivity index (χ1n) is 21.0. The molecule has 13 rings (SSSR count). The Morgan fingerprint density at radius 1 is 0.274 bits per heavy atom. The van der Waals surface area contributed by atoms with Gasteiger partial charge in [-0.1, -0.05) is 164 Å². The standard InChI is InChI=1S/C57H35N5/c1-3-16-37(17-4-1)55-58-56(38-18-5-2-6-19-38)60-57(59-55)46-26-13-25-44-43(46)24-14-28-51(44)62-50-27-12-11-23-45(50)48-34-49-47-32-40-21-9-10-22-41(40)33-52(47)61(53(49)35-54(48)62)42-30-29-36-15-7-8-20-39(36)31-42/h1-35H. The van der Waals surface area contributed by atoms with Gasteiger partial charge in [-0.15, -0.1) is 0 Å². The molecular formula is C57H35N5. The molecule has 0 aliphatic heterocycles. The van der Waals surface area contributed by atoms with Gasteiger partial charge in [0.25, 0.3) is 0 Å². The summed E-state index contributed by atoms with van der Waals surface area (Å²) >= 11 is 0. The summed E-state index contributed by atoms with van der Waals surface area (Å²) in [6.07, 6.45) is 0. The van der Waals surface area contributed by atoms with E-state index in [1.54, 1.807) is 0 Å². The largest absolute Gasteiger partial charge is 0.309 e. The molecule has 0 aliphatic carbocycles. The molecule has 3 heterocycles. The van der Waals surface area contributed by atoms with Gasteiger partial charge in [0.15, 0.2) is 17.5 Å². The van der Waals surface area contributed by atoms with Crippen LogP contribution in [0.5, 0.6) is 0 Å². The van der Waals surface area contributed by atoms with Crippen molar-refractivity contribution >= 4 is 75.9 Å². The molecule has 0 fully saturated rings. The van der Waals surface area contributed by atoms with Gasteiger partial charge < -0.3 is 9.13 Å². The highest BCUT2D eigenvalue weighted by Crippen LogP contribution is 2.42. The molecule has 0 unspecified atom stereocenters. The van der Waals surface area contributed by atoms with Crippen LogP contribution >= 0.6 is 0 Å². The molecular weight excluding hydrogens is 755 g/mol. The molecule has 3 aromatic heterocycles. The van der Waals surface area contributed by atoms with Crippen LogP contribution in [0, 0.1) is 0 Å². The minimum atomic E-state index is 0.636. The first-order valence-corrected chi connectivity index (χ1v) is 21.0. The Bertz CT molecular complexity index is 3860. The molecule has 62 heavy (non-hydrogen) atoms. The number of hydrogen-bond donors (Lipinski definition) is 0. The van der Waals surface area contributed by atoms with Crippen LogP contribution in [0.1, 0.15) is 0 Å². The van der Waals surface area contributed by atoms with Crippen molar-refractivity contribution in [2.24, 2.45) is 0 Å². The third-order valence-corrected chi connectivity index (χ3v) is 12.5. The van der Waals surface area contributed by atoms with E-state index in [1.807, 2.05) is 36.4 Å². The number of para-hydroxylation sites is 1. The lowest BCUT2D eigenvalue weighted by Gasteiger charge is -2.15. The quantitative estimate of drug-likeness (QED) is 0.174. The lowest BCUT2D eigenvalue weighted by Crippen LogP contribution is -2.01. The van der Waals surface area contributed by atoms with Gasteiger partial charge in [-0.2, -0.15) is 0 Å². The van der Waals surface area contributed by atoms with Gasteiger partial charge in [-0.25, -0.2) is 15.0 Å². The monoisotopic (exact) mass is 789 g/mol. The van der Waals surface area contributed by atoms with Crippen molar-refractivity contribution in [3.05, 3.63) is 212 Å². The van der Waals surface area contributed by atoms with Crippen molar-refractivity contribution in [2.75, 3.05) is 0 Å². The average molecular weight is 790 g/mol. The predicted octanol–water partition coefficient (Wildman–Crippen LogP) is 14.5. The van der Waals surface area contributed by atoms with Crippen LogP contribution in [0.2, 0.25) is 0 Å². The van der Waals surface area contributed by atoms with Gasteiger partial charge in [0.1, 0.15) is 0 Å². The van der Waals surface area contributed by atoms with E-state index in [-0.39, 0.29) is 0 Å². The zero-order chi connectivity index (χ0) is 40.7. The molecule has 5 nitrogen and oxygen atoms in total. The first kappa shape index (κ1) is 34.5. The second kappa shape index (κ2) is 13.6. The summed E-state index contributed by atoms with van der Waals surface area (Å²) < 4.78 is 4.91. The molecule has 0 aliphatic rings. The Morgan fingerprint density at radius 3 is 1.56 bits per heavy atom. The molecule has 0 bridgehead atoms. The van der Waals surface area contributed by atoms with Crippen LogP contribution in [-0.4, -0.2) is 24.1 Å². The molecule has 0 atom stereocenters. The highest BCUT2D eigenvalue weighted by atomic mass is 15.0. The van der Waals surface area contributed by atoms with E-state index in [0.717, 1.165) is 55.4 Å². The maximum Gasteiger partial charge on any atom is 0.164 e. The summed E-state index contributed by atoms with van der Waals surface area (Å²) in [4.78, 5) is 15.3. The van der Waals surface area contributed by atoms with E-state index in [2.05, 4.69) is 185 Å². The molecule has 13 aromatic rings. The van der Waals surface area contributed by atoms with E-state index >= 15 is 0 Å². The van der Waals surface area contributed by atoms with Gasteiger partial charge in [-0.05, 0) is 75.5 Å². The summed E-state index contributed by atoms with van der Waals surface area (Å²) in [5, 5.41) is 12.0. The molecule has 5 heteroatoms. The van der Waals surface area contributed by atoms with Crippen LogP contribution in [0.15, 0.2) is 212 Å². The molecule has 0 saturated heterocycles. The fraction of sp³-hybridized carbons (Fsp3) is 0. The smallest absolute Gasteiger partial charge is 0.164 e. The Balaban J connectivity index is 1.09. The van der Waals surface area contributed by atoms with Crippen molar-refractivity contribution in [3.63, 3.8) is 0 Å². The van der Waals surface area contributed by atoms with Gasteiger partial charge in [0.05, 0.1) is 27.8 Å². The van der Waals surface area contributed by atoms with Gasteiger partial charge >= 0.3 is 0 Å². The minimum Gasteiger partial charge on any atom is -0.309 e. The first-order chi connectivity index (χ1) is 30.7. The maximum atomic E-state index is 5.14. The van der Waals surface area contributed by atoms with Gasteiger partial charge in [-0.3, -0.25) is 0 Å². The van der Waals surface area contributed by atoms with Crippen LogP contribution in [0.3, 0.4) is 0 Å². The summed E-state index contributed by atoms with van der Waals surface area (Å²) in [6, 6.07) is 75.9. The Kier molecular flexibility index (Phi) is 7.54. The highest BCUT2D eigenvalue weighted by Gasteiger charge is 2.21. The number of nitrogens with zero attached hydrogens (tertiary/aromatic N) is 5. The summed E-state index contributed by atoms with van der Waals surface area (Å²) in [5.74, 6) is 1.92. The lowest BCUT2D eigenvalue weighted by atomic mass is 10.0. The third kappa shape index (κ3) is 5.32. The molecule has 288 valence electrons. The Hall–Kier alpha value is -8.41. The normalized spacial score (nSPS) is 11.9. The summed E-state index contributed by atoms with van der Waals surface area (Å²) in [7, 11) is 0. The van der Waals surface area contributed by atoms with E-state index in [1.165, 1.54) is 48.6 Å². The zero-order valence-corrected chi connectivity index (χ0v) is 33.4. The van der Waals surface area contributed by atoms with Crippen molar-refractivity contribution in [2.45, 2.75) is 0 Å². The van der Waals surface area contributed by atoms with Gasteiger partial charge in [0.2, 0.25) is 0 Å². The average Bonchev–Trinajstić information content (AvgIpc) is 3.83. The second-order valence-electron chi connectivity index (χ2n) is 16.0. The molecule has 0 amide bonds. The fourth-order valence-corrected chi connectivity index (χ4v) is 9.63. The van der Waals surface area contributed by atoms with Crippen molar-refractivity contribution in [3.8, 4) is 45.5 Å².